The third-order valence-electron chi connectivity index (χ3n) is 2.97. The van der Waals surface area contributed by atoms with Gasteiger partial charge in [-0.3, -0.25) is 9.35 Å². The highest BCUT2D eigenvalue weighted by Gasteiger charge is 2.10. The lowest BCUT2D eigenvalue weighted by Crippen LogP contribution is -2.28. The maximum Gasteiger partial charge on any atom is 0.322 e. The lowest BCUT2D eigenvalue weighted by molar-refractivity contribution is -0.146. The molecular weight excluding hydrogens is 330 g/mol. The van der Waals surface area contributed by atoms with Crippen molar-refractivity contribution in [1.82, 2.24) is 0 Å². The Morgan fingerprint density at radius 2 is 1.67 bits per heavy atom. The Balaban J connectivity index is 0.000000243. The summed E-state index contributed by atoms with van der Waals surface area (Å²) >= 11 is 0. The maximum atomic E-state index is 11.0. The lowest BCUT2D eigenvalue weighted by Gasteiger charge is -2.06. The van der Waals surface area contributed by atoms with Gasteiger partial charge in [0.25, 0.3) is 10.1 Å². The first-order valence-electron chi connectivity index (χ1n) is 7.21. The smallest absolute Gasteiger partial charge is 0.322 e. The summed E-state index contributed by atoms with van der Waals surface area (Å²) in [5, 5.41) is 0. The fraction of sp³-hybridized carbons (Fsp3) is 0.235. The van der Waals surface area contributed by atoms with Crippen molar-refractivity contribution in [3.8, 4) is 0 Å². The fourth-order valence-corrected chi connectivity index (χ4v) is 2.43. The Bertz CT molecular complexity index is 758. The first-order valence-corrected chi connectivity index (χ1v) is 8.65. The average molecular weight is 351 g/mol. The van der Waals surface area contributed by atoms with Crippen LogP contribution in [0, 0.1) is 6.92 Å². The number of ether oxygens (including phenoxy) is 1. The molecule has 0 aliphatic heterocycles. The van der Waals surface area contributed by atoms with E-state index in [9.17, 15) is 13.2 Å². The first kappa shape index (κ1) is 19.8. The zero-order chi connectivity index (χ0) is 18.2. The minimum Gasteiger partial charge on any atom is -0.460 e. The molecule has 1 unspecified atom stereocenters. The predicted molar refractivity (Wildman–Crippen MR) is 90.9 cm³/mol. The summed E-state index contributed by atoms with van der Waals surface area (Å²) in [5.41, 5.74) is 6.85. The van der Waals surface area contributed by atoms with E-state index in [1.807, 2.05) is 30.3 Å². The molecule has 0 aromatic heterocycles. The van der Waals surface area contributed by atoms with Crippen LogP contribution in [0.15, 0.2) is 59.5 Å². The minimum absolute atomic E-state index is 0.0278. The van der Waals surface area contributed by atoms with Crippen molar-refractivity contribution in [3.63, 3.8) is 0 Å². The van der Waals surface area contributed by atoms with E-state index in [0.29, 0.717) is 12.2 Å². The highest BCUT2D eigenvalue weighted by atomic mass is 32.2. The molecule has 0 fully saturated rings. The van der Waals surface area contributed by atoms with Crippen molar-refractivity contribution in [2.24, 2.45) is 5.73 Å². The fourth-order valence-electron chi connectivity index (χ4n) is 1.71. The first-order chi connectivity index (χ1) is 11.2. The Labute approximate surface area is 142 Å². The molecule has 0 heterocycles. The number of rotatable bonds is 4. The van der Waals surface area contributed by atoms with Crippen molar-refractivity contribution in [2.75, 3.05) is 0 Å². The van der Waals surface area contributed by atoms with Crippen LogP contribution >= 0.6 is 0 Å². The summed E-state index contributed by atoms with van der Waals surface area (Å²) in [6.45, 7) is 3.53. The summed E-state index contributed by atoms with van der Waals surface area (Å²) in [7, 11) is -4.03. The van der Waals surface area contributed by atoms with Gasteiger partial charge in [-0.1, -0.05) is 48.5 Å². The van der Waals surface area contributed by atoms with Crippen LogP contribution < -0.4 is 5.73 Å². The molecule has 0 radical (unpaired) electrons. The number of carbonyl (C=O) groups is 1. The molecule has 7 heteroatoms. The molecule has 0 aliphatic rings. The molecular formula is C17H21NO5S. The third kappa shape index (κ3) is 6.91. The Hall–Kier alpha value is -2.22. The van der Waals surface area contributed by atoms with E-state index in [4.69, 9.17) is 15.0 Å². The highest BCUT2D eigenvalue weighted by molar-refractivity contribution is 7.85. The standard InChI is InChI=1S/C10H13NO2.C7H8O3S/c1-8(11)10(12)13-7-9-5-3-2-4-6-9;1-6-4-2-3-5-7(6)11(8,9)10/h2-6,8H,7,11H2,1H3;2-5H,1H3,(H,8,9,10). The second kappa shape index (κ2) is 9.17. The van der Waals surface area contributed by atoms with E-state index in [1.54, 1.807) is 32.0 Å². The maximum absolute atomic E-state index is 11.0. The van der Waals surface area contributed by atoms with E-state index < -0.39 is 16.2 Å². The predicted octanol–water partition coefficient (Wildman–Crippen LogP) is 2.32. The van der Waals surface area contributed by atoms with Crippen LogP contribution in [0.25, 0.3) is 0 Å². The molecule has 1 atom stereocenters. The quantitative estimate of drug-likeness (QED) is 0.647. The van der Waals surface area contributed by atoms with Crippen molar-refractivity contribution in [3.05, 3.63) is 65.7 Å². The average Bonchev–Trinajstić information content (AvgIpc) is 2.53. The van der Waals surface area contributed by atoms with Crippen LogP contribution in [0.5, 0.6) is 0 Å². The van der Waals surface area contributed by atoms with Crippen LogP contribution in [0.1, 0.15) is 18.1 Å². The van der Waals surface area contributed by atoms with Gasteiger partial charge in [0.05, 0.1) is 4.90 Å². The number of esters is 1. The monoisotopic (exact) mass is 351 g/mol. The summed E-state index contributed by atoms with van der Waals surface area (Å²) in [4.78, 5) is 10.9. The Kier molecular flexibility index (Phi) is 7.57. The summed E-state index contributed by atoms with van der Waals surface area (Å²) in [5.74, 6) is -0.371. The number of hydrogen-bond acceptors (Lipinski definition) is 5. The number of hydrogen-bond donors (Lipinski definition) is 2. The van der Waals surface area contributed by atoms with Gasteiger partial charge in [0.1, 0.15) is 12.6 Å². The Morgan fingerprint density at radius 3 is 2.12 bits per heavy atom. The molecule has 0 spiro atoms. The molecule has 6 nitrogen and oxygen atoms in total. The van der Waals surface area contributed by atoms with Crippen molar-refractivity contribution in [1.29, 1.82) is 0 Å². The van der Waals surface area contributed by atoms with Crippen LogP contribution in [-0.4, -0.2) is 25.0 Å². The van der Waals surface area contributed by atoms with E-state index in [2.05, 4.69) is 0 Å². The van der Waals surface area contributed by atoms with Gasteiger partial charge in [-0.15, -0.1) is 0 Å². The van der Waals surface area contributed by atoms with Gasteiger partial charge >= 0.3 is 5.97 Å². The van der Waals surface area contributed by atoms with Crippen molar-refractivity contribution in [2.45, 2.75) is 31.4 Å². The summed E-state index contributed by atoms with van der Waals surface area (Å²) in [6.07, 6.45) is 0. The molecule has 3 N–H and O–H groups in total. The van der Waals surface area contributed by atoms with Crippen LogP contribution in [0.4, 0.5) is 0 Å². The number of aryl methyl sites for hydroxylation is 1. The highest BCUT2D eigenvalue weighted by Crippen LogP contribution is 2.12. The van der Waals surface area contributed by atoms with Crippen molar-refractivity contribution >= 4 is 16.1 Å². The molecule has 2 aromatic rings. The van der Waals surface area contributed by atoms with Crippen LogP contribution in [0.3, 0.4) is 0 Å². The SMILES string of the molecule is CC(N)C(=O)OCc1ccccc1.Cc1ccccc1S(=O)(=O)O. The Morgan fingerprint density at radius 1 is 1.12 bits per heavy atom. The number of carbonyl (C=O) groups excluding carboxylic acids is 1. The molecule has 0 amide bonds. The largest absolute Gasteiger partial charge is 0.460 e. The van der Waals surface area contributed by atoms with Gasteiger partial charge in [0.15, 0.2) is 0 Å². The number of nitrogens with two attached hydrogens (primary N) is 1. The second-order valence-electron chi connectivity index (χ2n) is 5.12. The van der Waals surface area contributed by atoms with Gasteiger partial charge in [-0.2, -0.15) is 8.42 Å². The zero-order valence-corrected chi connectivity index (χ0v) is 14.4. The van der Waals surface area contributed by atoms with Gasteiger partial charge in [-0.25, -0.2) is 0 Å². The van der Waals surface area contributed by atoms with Crippen LogP contribution in [0.2, 0.25) is 0 Å². The molecule has 130 valence electrons. The normalized spacial score (nSPS) is 11.8. The molecule has 2 aromatic carbocycles. The van der Waals surface area contributed by atoms with Gasteiger partial charge in [0, 0.05) is 0 Å². The van der Waals surface area contributed by atoms with Gasteiger partial charge < -0.3 is 10.5 Å². The van der Waals surface area contributed by atoms with Gasteiger partial charge in [0.2, 0.25) is 0 Å². The lowest BCUT2D eigenvalue weighted by atomic mass is 10.2. The minimum atomic E-state index is -4.03. The van der Waals surface area contributed by atoms with E-state index in [-0.39, 0.29) is 10.9 Å². The molecule has 0 saturated carbocycles. The van der Waals surface area contributed by atoms with E-state index in [1.165, 1.54) is 6.07 Å². The molecule has 0 aliphatic carbocycles. The topological polar surface area (TPSA) is 107 Å². The van der Waals surface area contributed by atoms with E-state index >= 15 is 0 Å². The third-order valence-corrected chi connectivity index (χ3v) is 3.98. The second-order valence-corrected chi connectivity index (χ2v) is 6.51. The van der Waals surface area contributed by atoms with Gasteiger partial charge in [-0.05, 0) is 31.0 Å². The number of benzene rings is 2. The van der Waals surface area contributed by atoms with E-state index in [0.717, 1.165) is 5.56 Å². The molecule has 0 saturated heterocycles. The van der Waals surface area contributed by atoms with Crippen LogP contribution in [-0.2, 0) is 26.3 Å². The molecule has 24 heavy (non-hydrogen) atoms. The molecule has 0 bridgehead atoms. The summed E-state index contributed by atoms with van der Waals surface area (Å²) in [6, 6.07) is 15.2. The summed E-state index contributed by atoms with van der Waals surface area (Å²) < 4.78 is 34.8. The van der Waals surface area contributed by atoms with Crippen molar-refractivity contribution < 1.29 is 22.5 Å². The zero-order valence-electron chi connectivity index (χ0n) is 13.5. The molecule has 2 rings (SSSR count).